The summed E-state index contributed by atoms with van der Waals surface area (Å²) in [5, 5.41) is 0. The summed E-state index contributed by atoms with van der Waals surface area (Å²) in [6.45, 7) is 0. The van der Waals surface area contributed by atoms with Gasteiger partial charge < -0.3 is 19.2 Å². The van der Waals surface area contributed by atoms with E-state index in [1.54, 1.807) is 30.5 Å². The maximum Gasteiger partial charge on any atom is 0.286 e. The van der Waals surface area contributed by atoms with Gasteiger partial charge >= 0.3 is 0 Å². The van der Waals surface area contributed by atoms with Crippen LogP contribution in [0.5, 0.6) is 17.2 Å². The number of hydrazine groups is 1. The molecule has 8 heteroatoms. The summed E-state index contributed by atoms with van der Waals surface area (Å²) in [6, 6.07) is 6.87. The first-order chi connectivity index (χ1) is 12.1. The highest BCUT2D eigenvalue weighted by Gasteiger charge is 2.14. The molecular formula is C17H21N3O5. The number of rotatable bonds is 7. The van der Waals surface area contributed by atoms with Crippen molar-refractivity contribution in [3.05, 3.63) is 41.7 Å². The SMILES string of the molecule is COc1cc(CCC(=O)NNC(=O)c2ccc[nH]2)cc(OC)c1OC. The van der Waals surface area contributed by atoms with Gasteiger partial charge in [0.1, 0.15) is 5.69 Å². The van der Waals surface area contributed by atoms with Crippen molar-refractivity contribution < 1.29 is 23.8 Å². The number of hydrogen-bond acceptors (Lipinski definition) is 5. The molecule has 25 heavy (non-hydrogen) atoms. The van der Waals surface area contributed by atoms with Gasteiger partial charge in [-0.15, -0.1) is 0 Å². The summed E-state index contributed by atoms with van der Waals surface area (Å²) < 4.78 is 15.8. The Bertz CT molecular complexity index is 703. The number of nitrogens with one attached hydrogen (secondary N) is 3. The number of aromatic amines is 1. The molecular weight excluding hydrogens is 326 g/mol. The molecule has 0 bridgehead atoms. The zero-order valence-corrected chi connectivity index (χ0v) is 14.3. The molecule has 0 fully saturated rings. The van der Waals surface area contributed by atoms with Gasteiger partial charge in [-0.25, -0.2) is 0 Å². The Morgan fingerprint density at radius 2 is 1.72 bits per heavy atom. The van der Waals surface area contributed by atoms with Crippen LogP contribution >= 0.6 is 0 Å². The molecule has 0 atom stereocenters. The Morgan fingerprint density at radius 3 is 2.24 bits per heavy atom. The summed E-state index contributed by atoms with van der Waals surface area (Å²) in [7, 11) is 4.59. The zero-order chi connectivity index (χ0) is 18.2. The summed E-state index contributed by atoms with van der Waals surface area (Å²) in [5.41, 5.74) is 5.93. The van der Waals surface area contributed by atoms with Crippen LogP contribution in [0.3, 0.4) is 0 Å². The lowest BCUT2D eigenvalue weighted by Crippen LogP contribution is -2.41. The van der Waals surface area contributed by atoms with Crippen LogP contribution in [0.4, 0.5) is 0 Å². The number of carbonyl (C=O) groups is 2. The number of amides is 2. The van der Waals surface area contributed by atoms with E-state index in [4.69, 9.17) is 14.2 Å². The summed E-state index contributed by atoms with van der Waals surface area (Å²) in [5.74, 6) is 0.825. The molecule has 1 heterocycles. The van der Waals surface area contributed by atoms with Crippen molar-refractivity contribution in [1.82, 2.24) is 15.8 Å². The predicted octanol–water partition coefficient (Wildman–Crippen LogP) is 1.43. The Balaban J connectivity index is 1.92. The molecule has 0 aliphatic rings. The number of methoxy groups -OCH3 is 3. The molecule has 0 aliphatic heterocycles. The van der Waals surface area contributed by atoms with E-state index in [1.165, 1.54) is 21.3 Å². The Morgan fingerprint density at radius 1 is 1.04 bits per heavy atom. The smallest absolute Gasteiger partial charge is 0.286 e. The van der Waals surface area contributed by atoms with Gasteiger partial charge in [0.25, 0.3) is 5.91 Å². The zero-order valence-electron chi connectivity index (χ0n) is 14.3. The number of benzene rings is 1. The largest absolute Gasteiger partial charge is 0.493 e. The van der Waals surface area contributed by atoms with Crippen LogP contribution in [0.1, 0.15) is 22.5 Å². The monoisotopic (exact) mass is 347 g/mol. The van der Waals surface area contributed by atoms with Crippen molar-refractivity contribution in [1.29, 1.82) is 0 Å². The first-order valence-corrected chi connectivity index (χ1v) is 7.60. The third-order valence-corrected chi connectivity index (χ3v) is 3.52. The number of ether oxygens (including phenoxy) is 3. The molecule has 0 radical (unpaired) electrons. The molecule has 0 spiro atoms. The van der Waals surface area contributed by atoms with E-state index < -0.39 is 5.91 Å². The normalized spacial score (nSPS) is 10.0. The van der Waals surface area contributed by atoms with Gasteiger partial charge in [0.2, 0.25) is 11.7 Å². The van der Waals surface area contributed by atoms with Crippen LogP contribution < -0.4 is 25.1 Å². The quantitative estimate of drug-likeness (QED) is 0.658. The lowest BCUT2D eigenvalue weighted by molar-refractivity contribution is -0.121. The molecule has 1 aromatic carbocycles. The molecule has 2 amide bonds. The molecule has 0 unspecified atom stereocenters. The average molecular weight is 347 g/mol. The van der Waals surface area contributed by atoms with Gasteiger partial charge in [0.05, 0.1) is 21.3 Å². The molecule has 8 nitrogen and oxygen atoms in total. The molecule has 1 aromatic heterocycles. The molecule has 3 N–H and O–H groups in total. The van der Waals surface area contributed by atoms with Crippen LogP contribution in [0.25, 0.3) is 0 Å². The van der Waals surface area contributed by atoms with Gasteiger partial charge in [-0.3, -0.25) is 20.4 Å². The number of aromatic nitrogens is 1. The Kier molecular flexibility index (Phi) is 6.27. The molecule has 0 aliphatic carbocycles. The van der Waals surface area contributed by atoms with Gasteiger partial charge in [-0.1, -0.05) is 0 Å². The molecule has 2 rings (SSSR count). The number of aryl methyl sites for hydroxylation is 1. The van der Waals surface area contributed by atoms with Crippen molar-refractivity contribution in [2.24, 2.45) is 0 Å². The summed E-state index contributed by atoms with van der Waals surface area (Å²) in [6.07, 6.45) is 2.26. The van der Waals surface area contributed by atoms with E-state index in [0.29, 0.717) is 29.4 Å². The molecule has 2 aromatic rings. The number of carbonyl (C=O) groups excluding carboxylic acids is 2. The maximum atomic E-state index is 11.9. The Hall–Kier alpha value is -3.16. The van der Waals surface area contributed by atoms with E-state index in [0.717, 1.165) is 5.56 Å². The first-order valence-electron chi connectivity index (χ1n) is 7.60. The topological polar surface area (TPSA) is 102 Å². The van der Waals surface area contributed by atoms with Gasteiger partial charge in [0, 0.05) is 12.6 Å². The van der Waals surface area contributed by atoms with E-state index in [1.807, 2.05) is 0 Å². The van der Waals surface area contributed by atoms with E-state index in [9.17, 15) is 9.59 Å². The van der Waals surface area contributed by atoms with E-state index >= 15 is 0 Å². The van der Waals surface area contributed by atoms with Crippen LogP contribution in [-0.4, -0.2) is 38.1 Å². The minimum absolute atomic E-state index is 0.184. The standard InChI is InChI=1S/C17H21N3O5/c1-23-13-9-11(10-14(24-2)16(13)25-3)6-7-15(21)19-20-17(22)12-5-4-8-18-12/h4-5,8-10,18H,6-7H2,1-3H3,(H,19,21)(H,20,22). The third-order valence-electron chi connectivity index (χ3n) is 3.52. The number of hydrogen-bond donors (Lipinski definition) is 3. The summed E-state index contributed by atoms with van der Waals surface area (Å²) in [4.78, 5) is 26.4. The van der Waals surface area contributed by atoms with Crippen molar-refractivity contribution in [3.8, 4) is 17.2 Å². The Labute approximate surface area is 145 Å². The summed E-state index contributed by atoms with van der Waals surface area (Å²) >= 11 is 0. The van der Waals surface area contributed by atoms with Gasteiger partial charge in [0.15, 0.2) is 11.5 Å². The predicted molar refractivity (Wildman–Crippen MR) is 90.8 cm³/mol. The number of H-pyrrole nitrogens is 1. The van der Waals surface area contributed by atoms with Crippen molar-refractivity contribution in [2.75, 3.05) is 21.3 Å². The minimum Gasteiger partial charge on any atom is -0.493 e. The van der Waals surface area contributed by atoms with Crippen molar-refractivity contribution in [3.63, 3.8) is 0 Å². The molecule has 134 valence electrons. The highest BCUT2D eigenvalue weighted by molar-refractivity contribution is 5.93. The lowest BCUT2D eigenvalue weighted by atomic mass is 10.1. The van der Waals surface area contributed by atoms with E-state index in [2.05, 4.69) is 15.8 Å². The van der Waals surface area contributed by atoms with Crippen LogP contribution in [0.15, 0.2) is 30.5 Å². The van der Waals surface area contributed by atoms with Crippen LogP contribution in [-0.2, 0) is 11.2 Å². The minimum atomic E-state index is -0.411. The highest BCUT2D eigenvalue weighted by Crippen LogP contribution is 2.38. The fourth-order valence-corrected chi connectivity index (χ4v) is 2.27. The average Bonchev–Trinajstić information content (AvgIpc) is 3.18. The van der Waals surface area contributed by atoms with Crippen LogP contribution in [0.2, 0.25) is 0 Å². The van der Waals surface area contributed by atoms with Crippen molar-refractivity contribution >= 4 is 11.8 Å². The maximum absolute atomic E-state index is 11.9. The fourth-order valence-electron chi connectivity index (χ4n) is 2.27. The van der Waals surface area contributed by atoms with E-state index in [-0.39, 0.29) is 12.3 Å². The highest BCUT2D eigenvalue weighted by atomic mass is 16.5. The van der Waals surface area contributed by atoms with Gasteiger partial charge in [-0.05, 0) is 36.2 Å². The molecule has 0 saturated heterocycles. The second kappa shape index (κ2) is 8.62. The second-order valence-corrected chi connectivity index (χ2v) is 5.12. The fraction of sp³-hybridized carbons (Fsp3) is 0.294. The molecule has 0 saturated carbocycles. The second-order valence-electron chi connectivity index (χ2n) is 5.12. The lowest BCUT2D eigenvalue weighted by Gasteiger charge is -2.14. The third kappa shape index (κ3) is 4.66. The van der Waals surface area contributed by atoms with Crippen LogP contribution in [0, 0.1) is 0 Å². The van der Waals surface area contributed by atoms with Gasteiger partial charge in [-0.2, -0.15) is 0 Å². The first kappa shape index (κ1) is 18.2. The van der Waals surface area contributed by atoms with Crippen molar-refractivity contribution in [2.45, 2.75) is 12.8 Å².